The fourth-order valence-electron chi connectivity index (χ4n) is 4.64. The Bertz CT molecular complexity index is 1150. The molecular weight excluding hydrogens is 491 g/mol. The monoisotopic (exact) mass is 522 g/mol. The second-order valence-electron chi connectivity index (χ2n) is 9.44. The molecular formula is C30H32ClFN2O3. The van der Waals surface area contributed by atoms with Crippen molar-refractivity contribution in [2.75, 3.05) is 6.61 Å². The molecule has 5 nitrogen and oxygen atoms in total. The second kappa shape index (κ2) is 13.2. The number of ether oxygens (including phenoxy) is 1. The van der Waals surface area contributed by atoms with Gasteiger partial charge in [0, 0.05) is 24.0 Å². The molecule has 37 heavy (non-hydrogen) atoms. The summed E-state index contributed by atoms with van der Waals surface area (Å²) in [5.41, 5.74) is 1.67. The molecule has 1 aliphatic carbocycles. The van der Waals surface area contributed by atoms with E-state index >= 15 is 0 Å². The van der Waals surface area contributed by atoms with Gasteiger partial charge in [0.2, 0.25) is 5.91 Å². The average Bonchev–Trinajstić information content (AvgIpc) is 2.92. The number of carbonyl (C=O) groups is 2. The lowest BCUT2D eigenvalue weighted by Crippen LogP contribution is -2.53. The highest BCUT2D eigenvalue weighted by Crippen LogP contribution is 2.21. The van der Waals surface area contributed by atoms with Gasteiger partial charge >= 0.3 is 0 Å². The van der Waals surface area contributed by atoms with Crippen molar-refractivity contribution < 1.29 is 18.7 Å². The summed E-state index contributed by atoms with van der Waals surface area (Å²) >= 11 is 5.96. The van der Waals surface area contributed by atoms with Crippen LogP contribution in [0.4, 0.5) is 4.39 Å². The highest BCUT2D eigenvalue weighted by atomic mass is 35.5. The topological polar surface area (TPSA) is 58.6 Å². The molecule has 0 spiro atoms. The molecule has 3 aromatic carbocycles. The van der Waals surface area contributed by atoms with E-state index in [9.17, 15) is 14.0 Å². The van der Waals surface area contributed by atoms with E-state index in [1.54, 1.807) is 41.3 Å². The zero-order chi connectivity index (χ0) is 26.0. The summed E-state index contributed by atoms with van der Waals surface area (Å²) in [6.07, 6.45) is 5.58. The third-order valence-electron chi connectivity index (χ3n) is 6.66. The summed E-state index contributed by atoms with van der Waals surface area (Å²) in [6, 6.07) is 21.7. The number of nitrogens with one attached hydrogen (secondary N) is 1. The number of halogens is 2. The van der Waals surface area contributed by atoms with Crippen LogP contribution in [0.3, 0.4) is 0 Å². The highest BCUT2D eigenvalue weighted by molar-refractivity contribution is 6.30. The zero-order valence-corrected chi connectivity index (χ0v) is 21.5. The van der Waals surface area contributed by atoms with E-state index in [4.69, 9.17) is 16.3 Å². The number of hydrogen-bond acceptors (Lipinski definition) is 3. The third kappa shape index (κ3) is 8.05. The van der Waals surface area contributed by atoms with Gasteiger partial charge in [-0.3, -0.25) is 9.59 Å². The Morgan fingerprint density at radius 2 is 1.59 bits per heavy atom. The third-order valence-corrected chi connectivity index (χ3v) is 6.92. The van der Waals surface area contributed by atoms with Gasteiger partial charge in [0.25, 0.3) is 5.91 Å². The van der Waals surface area contributed by atoms with Gasteiger partial charge in [-0.1, -0.05) is 73.3 Å². The van der Waals surface area contributed by atoms with Crippen molar-refractivity contribution in [3.8, 4) is 5.75 Å². The van der Waals surface area contributed by atoms with Gasteiger partial charge in [0.05, 0.1) is 0 Å². The number of rotatable bonds is 10. The summed E-state index contributed by atoms with van der Waals surface area (Å²) in [5.74, 6) is -0.369. The molecule has 1 fully saturated rings. The molecule has 3 aromatic rings. The number of hydrogen-bond donors (Lipinski definition) is 1. The first-order chi connectivity index (χ1) is 18.0. The minimum Gasteiger partial charge on any atom is -0.484 e. The van der Waals surface area contributed by atoms with Crippen LogP contribution >= 0.6 is 11.6 Å². The van der Waals surface area contributed by atoms with Crippen LogP contribution in [0.1, 0.15) is 43.2 Å². The maximum atomic E-state index is 13.7. The predicted molar refractivity (Wildman–Crippen MR) is 143 cm³/mol. The van der Waals surface area contributed by atoms with Gasteiger partial charge in [-0.25, -0.2) is 4.39 Å². The van der Waals surface area contributed by atoms with Gasteiger partial charge < -0.3 is 15.0 Å². The smallest absolute Gasteiger partial charge is 0.261 e. The fourth-order valence-corrected chi connectivity index (χ4v) is 4.77. The lowest BCUT2D eigenvalue weighted by atomic mass is 9.94. The van der Waals surface area contributed by atoms with E-state index in [0.717, 1.165) is 36.8 Å². The van der Waals surface area contributed by atoms with E-state index in [-0.39, 0.29) is 36.8 Å². The van der Waals surface area contributed by atoms with Crippen molar-refractivity contribution in [1.29, 1.82) is 0 Å². The van der Waals surface area contributed by atoms with Crippen molar-refractivity contribution >= 4 is 23.4 Å². The number of nitrogens with zero attached hydrogens (tertiary/aromatic N) is 1. The summed E-state index contributed by atoms with van der Waals surface area (Å²) in [6.45, 7) is -0.0937. The van der Waals surface area contributed by atoms with Gasteiger partial charge in [-0.05, 0) is 60.4 Å². The molecule has 0 saturated heterocycles. The van der Waals surface area contributed by atoms with Gasteiger partial charge in [-0.15, -0.1) is 0 Å². The molecule has 1 saturated carbocycles. The minimum atomic E-state index is -0.754. The molecule has 1 aliphatic rings. The molecule has 0 aliphatic heterocycles. The Labute approximate surface area is 222 Å². The predicted octanol–water partition coefficient (Wildman–Crippen LogP) is 5.95. The van der Waals surface area contributed by atoms with E-state index in [1.807, 2.05) is 30.3 Å². The Morgan fingerprint density at radius 1 is 0.919 bits per heavy atom. The maximum Gasteiger partial charge on any atom is 0.261 e. The number of carbonyl (C=O) groups excluding carboxylic acids is 2. The fraction of sp³-hybridized carbons (Fsp3) is 0.333. The first-order valence-electron chi connectivity index (χ1n) is 12.7. The summed E-state index contributed by atoms with van der Waals surface area (Å²) in [5, 5.41) is 3.77. The second-order valence-corrected chi connectivity index (χ2v) is 9.88. The van der Waals surface area contributed by atoms with Crippen molar-refractivity contribution in [3.63, 3.8) is 0 Å². The van der Waals surface area contributed by atoms with Crippen molar-refractivity contribution in [2.45, 2.75) is 57.2 Å². The van der Waals surface area contributed by atoms with Crippen molar-refractivity contribution in [1.82, 2.24) is 10.2 Å². The van der Waals surface area contributed by atoms with Crippen LogP contribution in [0.25, 0.3) is 0 Å². The van der Waals surface area contributed by atoms with Crippen LogP contribution < -0.4 is 10.1 Å². The normalized spacial score (nSPS) is 14.5. The Morgan fingerprint density at radius 3 is 2.27 bits per heavy atom. The molecule has 0 radical (unpaired) electrons. The van der Waals surface area contributed by atoms with Crippen LogP contribution in [0.15, 0.2) is 78.9 Å². The van der Waals surface area contributed by atoms with Crippen LogP contribution in [0.5, 0.6) is 5.75 Å². The molecule has 0 unspecified atom stereocenters. The molecule has 0 bridgehead atoms. The molecule has 7 heteroatoms. The van der Waals surface area contributed by atoms with E-state index in [1.165, 1.54) is 18.6 Å². The quantitative estimate of drug-likeness (QED) is 0.358. The molecule has 0 aromatic heterocycles. The minimum absolute atomic E-state index is 0.104. The standard InChI is InChI=1S/C30H32ClFN2O3/c31-24-13-17-27(18-14-24)37-21-29(35)34(20-23-11-15-25(32)16-12-23)28(19-22-7-3-1-4-8-22)30(36)33-26-9-5-2-6-10-26/h1,3-4,7-8,11-18,26,28H,2,5-6,9-10,19-21H2,(H,33,36)/t28-/m1/s1. The molecule has 2 amide bonds. The summed E-state index contributed by atoms with van der Waals surface area (Å²) in [4.78, 5) is 28.9. The lowest BCUT2D eigenvalue weighted by molar-refractivity contribution is -0.143. The van der Waals surface area contributed by atoms with Crippen molar-refractivity contribution in [2.24, 2.45) is 0 Å². The first-order valence-corrected chi connectivity index (χ1v) is 13.1. The highest BCUT2D eigenvalue weighted by Gasteiger charge is 2.32. The molecule has 194 valence electrons. The molecule has 0 heterocycles. The van der Waals surface area contributed by atoms with Gasteiger partial charge in [0.15, 0.2) is 6.61 Å². The average molecular weight is 523 g/mol. The largest absolute Gasteiger partial charge is 0.484 e. The Balaban J connectivity index is 1.59. The Kier molecular flexibility index (Phi) is 9.55. The summed E-state index contributed by atoms with van der Waals surface area (Å²) in [7, 11) is 0. The SMILES string of the molecule is O=C(NC1CCCCC1)[C@@H](Cc1ccccc1)N(Cc1ccc(F)cc1)C(=O)COc1ccc(Cl)cc1. The lowest BCUT2D eigenvalue weighted by Gasteiger charge is -2.33. The zero-order valence-electron chi connectivity index (χ0n) is 20.7. The number of amides is 2. The molecule has 4 rings (SSSR count). The van der Waals surface area contributed by atoms with Gasteiger partial charge in [-0.2, -0.15) is 0 Å². The molecule has 1 N–H and O–H groups in total. The maximum absolute atomic E-state index is 13.7. The van der Waals surface area contributed by atoms with Crippen LogP contribution in [0, 0.1) is 5.82 Å². The first kappa shape index (κ1) is 26.7. The molecule has 1 atom stereocenters. The van der Waals surface area contributed by atoms with Crippen LogP contribution in [-0.2, 0) is 22.6 Å². The number of benzene rings is 3. The van der Waals surface area contributed by atoms with E-state index in [0.29, 0.717) is 17.2 Å². The Hall–Kier alpha value is -3.38. The summed E-state index contributed by atoms with van der Waals surface area (Å²) < 4.78 is 19.3. The van der Waals surface area contributed by atoms with Crippen molar-refractivity contribution in [3.05, 3.63) is 101 Å². The van der Waals surface area contributed by atoms with E-state index < -0.39 is 6.04 Å². The van der Waals surface area contributed by atoms with Crippen LogP contribution in [0.2, 0.25) is 5.02 Å². The van der Waals surface area contributed by atoms with E-state index in [2.05, 4.69) is 5.32 Å². The van der Waals surface area contributed by atoms with Crippen LogP contribution in [-0.4, -0.2) is 35.4 Å². The van der Waals surface area contributed by atoms with Gasteiger partial charge in [0.1, 0.15) is 17.6 Å².